The van der Waals surface area contributed by atoms with Gasteiger partial charge in [0.25, 0.3) is 0 Å². The van der Waals surface area contributed by atoms with Gasteiger partial charge in [0, 0.05) is 44.1 Å². The highest BCUT2D eigenvalue weighted by Crippen LogP contribution is 2.33. The maximum atomic E-state index is 14.4. The molecule has 2 aromatic carbocycles. The van der Waals surface area contributed by atoms with Gasteiger partial charge in [0.1, 0.15) is 29.5 Å². The van der Waals surface area contributed by atoms with Gasteiger partial charge in [0.2, 0.25) is 29.5 Å². The topological polar surface area (TPSA) is 232 Å². The number of aromatic nitrogens is 5. The Kier molecular flexibility index (Phi) is 14.6. The molecule has 6 heterocycles. The summed E-state index contributed by atoms with van der Waals surface area (Å²) in [7, 11) is 0. The highest BCUT2D eigenvalue weighted by molar-refractivity contribution is 7.13. The summed E-state index contributed by atoms with van der Waals surface area (Å²) in [6.07, 6.45) is 0.602. The Morgan fingerprint density at radius 1 is 0.868 bits per heavy atom. The minimum Gasteiger partial charge on any atom is -0.443 e. The van der Waals surface area contributed by atoms with E-state index in [1.54, 1.807) is 24.3 Å². The molecule has 19 heteroatoms. The van der Waals surface area contributed by atoms with E-state index in [1.807, 2.05) is 95.6 Å². The second-order valence-corrected chi connectivity index (χ2v) is 18.8. The molecule has 0 unspecified atom stereocenters. The van der Waals surface area contributed by atoms with Crippen molar-refractivity contribution in [2.45, 2.75) is 123 Å². The molecule has 3 N–H and O–H groups in total. The second-order valence-electron chi connectivity index (χ2n) is 18.0. The smallest absolute Gasteiger partial charge is 0.243 e. The first kappa shape index (κ1) is 47.9. The third-order valence-electron chi connectivity index (χ3n) is 12.8. The summed E-state index contributed by atoms with van der Waals surface area (Å²) in [4.78, 5) is 73.2. The van der Waals surface area contributed by atoms with Crippen LogP contribution in [-0.4, -0.2) is 101 Å². The van der Waals surface area contributed by atoms with Crippen molar-refractivity contribution in [1.82, 2.24) is 45.7 Å². The standard InChI is InChI=1S/C49H57N9O9S/c1-8-38(48(62)57-21-36(59)18-39(57)46(61)53-27(4)32-13-15-33(16-14-32)43-28(5)51-24-65-43)41-17-35(56-66-41)23-64-37-19-40(58(22-37)49(63)42(26(2)3)47-54-30(7)55-67-47)45(60)50-20-31-9-11-34(12-10-31)44-29(6)52-25-68-44/h9-17,24-27,36-40,42,59H,8,18-23H2,1-7H3,(H,50,60)(H,53,61)/t27-,36+,37+,38+,39-,40-,42+/m0/s1. The summed E-state index contributed by atoms with van der Waals surface area (Å²) in [5, 5.41) is 24.9. The van der Waals surface area contributed by atoms with E-state index < -0.39 is 36.1 Å². The lowest BCUT2D eigenvalue weighted by Gasteiger charge is -2.28. The fraction of sp³-hybridized carbons (Fsp3) is 0.449. The fourth-order valence-electron chi connectivity index (χ4n) is 9.03. The number of hydrogen-bond acceptors (Lipinski definition) is 15. The normalized spacial score (nSPS) is 19.6. The number of benzene rings is 2. The number of amides is 4. The number of aryl methyl sites for hydroxylation is 3. The molecule has 0 bridgehead atoms. The van der Waals surface area contributed by atoms with E-state index in [1.165, 1.54) is 16.2 Å². The maximum absolute atomic E-state index is 14.4. The van der Waals surface area contributed by atoms with E-state index in [9.17, 15) is 24.3 Å². The summed E-state index contributed by atoms with van der Waals surface area (Å²) in [5.74, 6) is -1.64. The SMILES string of the molecule is CC[C@@H](C(=O)N1C[C@H](O)C[C@H]1C(=O)N[C@@H](C)c1ccc(-c2ocnc2C)cc1)c1cc(CO[C@@H]2C[C@@H](C(=O)NCc3ccc(-c4scnc4C)cc3)N(C(=O)[C@@H](c3nc(C)no3)C(C)C)C2)no1. The Labute approximate surface area is 397 Å². The molecule has 0 spiro atoms. The molecule has 0 aliphatic carbocycles. The van der Waals surface area contributed by atoms with E-state index in [2.05, 4.69) is 35.9 Å². The molecule has 4 amide bonds. The van der Waals surface area contributed by atoms with Crippen molar-refractivity contribution >= 4 is 35.0 Å². The van der Waals surface area contributed by atoms with Gasteiger partial charge in [0.15, 0.2) is 18.0 Å². The molecule has 68 heavy (non-hydrogen) atoms. The van der Waals surface area contributed by atoms with Gasteiger partial charge in [-0.1, -0.05) is 79.6 Å². The van der Waals surface area contributed by atoms with Crippen LogP contribution in [0, 0.1) is 26.7 Å². The molecule has 358 valence electrons. The number of β-amino-alcohol motifs (C(OH)–C–C–N with tert-alkyl or cyclic N) is 1. The molecule has 0 saturated carbocycles. The van der Waals surface area contributed by atoms with Crippen LogP contribution in [0.4, 0.5) is 0 Å². The monoisotopic (exact) mass is 947 g/mol. The zero-order chi connectivity index (χ0) is 48.2. The molecule has 2 saturated heterocycles. The number of rotatable bonds is 17. The minimum absolute atomic E-state index is 0.00788. The number of aliphatic hydroxyl groups excluding tert-OH is 1. The zero-order valence-electron chi connectivity index (χ0n) is 39.2. The molecule has 7 atom stereocenters. The number of oxazole rings is 1. The van der Waals surface area contributed by atoms with Gasteiger partial charge < -0.3 is 43.7 Å². The number of ether oxygens (including phenoxy) is 1. The number of hydrogen-bond donors (Lipinski definition) is 3. The average molecular weight is 948 g/mol. The van der Waals surface area contributed by atoms with Crippen LogP contribution in [0.3, 0.4) is 0 Å². The van der Waals surface area contributed by atoms with Crippen LogP contribution in [0.25, 0.3) is 21.8 Å². The van der Waals surface area contributed by atoms with Gasteiger partial charge in [-0.2, -0.15) is 4.98 Å². The summed E-state index contributed by atoms with van der Waals surface area (Å²) < 4.78 is 23.0. The molecule has 8 rings (SSSR count). The molecule has 2 fully saturated rings. The lowest BCUT2D eigenvalue weighted by Crippen LogP contribution is -2.48. The maximum Gasteiger partial charge on any atom is 0.243 e. The van der Waals surface area contributed by atoms with Crippen LogP contribution in [0.5, 0.6) is 0 Å². The first-order valence-electron chi connectivity index (χ1n) is 22.9. The van der Waals surface area contributed by atoms with Crippen molar-refractivity contribution in [3.05, 3.63) is 112 Å². The Bertz CT molecular complexity index is 2710. The number of thiazole rings is 1. The van der Waals surface area contributed by atoms with Gasteiger partial charge in [-0.05, 0) is 56.7 Å². The lowest BCUT2D eigenvalue weighted by molar-refractivity contribution is -0.141. The molecule has 4 aromatic heterocycles. The second kappa shape index (κ2) is 20.7. The van der Waals surface area contributed by atoms with E-state index >= 15 is 0 Å². The predicted octanol–water partition coefficient (Wildman–Crippen LogP) is 6.34. The fourth-order valence-corrected chi connectivity index (χ4v) is 9.84. The molecule has 18 nitrogen and oxygen atoms in total. The quantitative estimate of drug-likeness (QED) is 0.0907. The highest BCUT2D eigenvalue weighted by Gasteiger charge is 2.45. The van der Waals surface area contributed by atoms with Crippen LogP contribution in [0.15, 0.2) is 80.0 Å². The summed E-state index contributed by atoms with van der Waals surface area (Å²) >= 11 is 1.57. The van der Waals surface area contributed by atoms with Gasteiger partial charge in [-0.3, -0.25) is 19.2 Å². The Morgan fingerprint density at radius 3 is 2.24 bits per heavy atom. The number of nitrogens with zero attached hydrogens (tertiary/aromatic N) is 7. The molecule has 2 aliphatic rings. The highest BCUT2D eigenvalue weighted by atomic mass is 32.1. The van der Waals surface area contributed by atoms with Crippen molar-refractivity contribution in [3.63, 3.8) is 0 Å². The van der Waals surface area contributed by atoms with Crippen molar-refractivity contribution in [2.75, 3.05) is 13.1 Å². The van der Waals surface area contributed by atoms with Gasteiger partial charge >= 0.3 is 0 Å². The number of aliphatic hydroxyl groups is 1. The van der Waals surface area contributed by atoms with Gasteiger partial charge in [-0.25, -0.2) is 9.97 Å². The predicted molar refractivity (Wildman–Crippen MR) is 248 cm³/mol. The Morgan fingerprint density at radius 2 is 1.59 bits per heavy atom. The van der Waals surface area contributed by atoms with Crippen molar-refractivity contribution in [1.29, 1.82) is 0 Å². The first-order chi connectivity index (χ1) is 32.7. The lowest BCUT2D eigenvalue weighted by atomic mass is 9.93. The van der Waals surface area contributed by atoms with Crippen molar-refractivity contribution < 1.29 is 42.5 Å². The molecule has 0 radical (unpaired) electrons. The van der Waals surface area contributed by atoms with E-state index in [0.717, 1.165) is 38.5 Å². The molecule has 6 aromatic rings. The third-order valence-corrected chi connectivity index (χ3v) is 13.7. The van der Waals surface area contributed by atoms with Crippen molar-refractivity contribution in [3.8, 4) is 21.8 Å². The van der Waals surface area contributed by atoms with Crippen LogP contribution in [0.1, 0.15) is 111 Å². The van der Waals surface area contributed by atoms with Crippen LogP contribution < -0.4 is 10.6 Å². The molecular weight excluding hydrogens is 891 g/mol. The van der Waals surface area contributed by atoms with Crippen LogP contribution >= 0.6 is 11.3 Å². The van der Waals surface area contributed by atoms with Crippen LogP contribution in [0.2, 0.25) is 0 Å². The van der Waals surface area contributed by atoms with E-state index in [0.29, 0.717) is 23.7 Å². The van der Waals surface area contributed by atoms with Crippen molar-refractivity contribution in [2.24, 2.45) is 5.92 Å². The van der Waals surface area contributed by atoms with E-state index in [-0.39, 0.29) is 86.3 Å². The Hall–Kier alpha value is -6.57. The number of carbonyl (C=O) groups is 4. The largest absolute Gasteiger partial charge is 0.443 e. The van der Waals surface area contributed by atoms with Gasteiger partial charge in [-0.15, -0.1) is 11.3 Å². The molecule has 2 aliphatic heterocycles. The number of likely N-dealkylation sites (tertiary alicyclic amines) is 2. The zero-order valence-corrected chi connectivity index (χ0v) is 40.0. The third kappa shape index (κ3) is 10.4. The summed E-state index contributed by atoms with van der Waals surface area (Å²) in [6.45, 7) is 13.3. The van der Waals surface area contributed by atoms with Gasteiger partial charge in [0.05, 0.1) is 52.6 Å². The summed E-state index contributed by atoms with van der Waals surface area (Å²) in [5.41, 5.74) is 7.61. The molecular formula is C49H57N9O9S. The van der Waals surface area contributed by atoms with Crippen LogP contribution in [-0.2, 0) is 37.1 Å². The first-order valence-corrected chi connectivity index (χ1v) is 23.8. The average Bonchev–Trinajstić information content (AvgIpc) is 4.20. The minimum atomic E-state index is -0.896. The summed E-state index contributed by atoms with van der Waals surface area (Å²) in [6, 6.07) is 15.0. The number of nitrogens with one attached hydrogen (secondary N) is 2. The Balaban J connectivity index is 0.910. The van der Waals surface area contributed by atoms with E-state index in [4.69, 9.17) is 18.2 Å². The number of carbonyl (C=O) groups excluding carboxylic acids is 4.